The average molecular weight is 269 g/mol. The third-order valence-corrected chi connectivity index (χ3v) is 4.52. The Bertz CT molecular complexity index is 318. The topological polar surface area (TPSA) is 75.4 Å². The molecule has 0 aromatic rings. The lowest BCUT2D eigenvalue weighted by atomic mass is 9.80. The predicted octanol–water partition coefficient (Wildman–Crippen LogP) is 0.736. The average Bonchev–Trinajstić information content (AvgIpc) is 2.48. The second-order valence-electron chi connectivity index (χ2n) is 5.40. The molecule has 1 fully saturated rings. The van der Waals surface area contributed by atoms with Crippen molar-refractivity contribution < 1.29 is 9.59 Å². The van der Waals surface area contributed by atoms with Crippen molar-refractivity contribution in [3.8, 4) is 0 Å². The molecular formula is C14H27N3O2. The minimum Gasteiger partial charge on any atom is -0.359 e. The lowest BCUT2D eigenvalue weighted by Gasteiger charge is -2.39. The highest BCUT2D eigenvalue weighted by Gasteiger charge is 2.39. The Morgan fingerprint density at radius 2 is 2.00 bits per heavy atom. The van der Waals surface area contributed by atoms with Gasteiger partial charge in [0.25, 0.3) is 0 Å². The molecule has 1 heterocycles. The van der Waals surface area contributed by atoms with Crippen molar-refractivity contribution in [2.45, 2.75) is 39.5 Å². The van der Waals surface area contributed by atoms with Gasteiger partial charge >= 0.3 is 0 Å². The molecule has 110 valence electrons. The molecule has 0 radical (unpaired) electrons. The lowest BCUT2D eigenvalue weighted by molar-refractivity contribution is -0.145. The van der Waals surface area contributed by atoms with Gasteiger partial charge in [-0.05, 0) is 25.7 Å². The summed E-state index contributed by atoms with van der Waals surface area (Å²) < 4.78 is 0. The second kappa shape index (κ2) is 6.89. The Balaban J connectivity index is 2.78. The highest BCUT2D eigenvalue weighted by atomic mass is 16.2. The zero-order chi connectivity index (χ0) is 14.5. The van der Waals surface area contributed by atoms with Crippen LogP contribution in [-0.4, -0.2) is 43.4 Å². The van der Waals surface area contributed by atoms with Crippen molar-refractivity contribution in [3.05, 3.63) is 0 Å². The number of hydrogen-bond donors (Lipinski definition) is 2. The predicted molar refractivity (Wildman–Crippen MR) is 75.4 cm³/mol. The number of carbonyl (C=O) groups is 2. The fourth-order valence-electron chi connectivity index (χ4n) is 2.84. The Morgan fingerprint density at radius 1 is 1.37 bits per heavy atom. The maximum atomic E-state index is 12.7. The minimum atomic E-state index is -0.454. The molecule has 3 N–H and O–H groups in total. The van der Waals surface area contributed by atoms with E-state index in [1.165, 1.54) is 0 Å². The number of rotatable bonds is 5. The van der Waals surface area contributed by atoms with Crippen LogP contribution < -0.4 is 11.1 Å². The maximum Gasteiger partial charge on any atom is 0.230 e. The summed E-state index contributed by atoms with van der Waals surface area (Å²) in [5, 5.41) is 2.67. The second-order valence-corrected chi connectivity index (χ2v) is 5.40. The van der Waals surface area contributed by atoms with Crippen LogP contribution in [0.1, 0.15) is 39.5 Å². The molecule has 1 aliphatic heterocycles. The number of piperidine rings is 1. The molecule has 5 nitrogen and oxygen atoms in total. The van der Waals surface area contributed by atoms with Gasteiger partial charge in [-0.2, -0.15) is 0 Å². The Hall–Kier alpha value is -1.10. The van der Waals surface area contributed by atoms with Gasteiger partial charge in [0, 0.05) is 26.7 Å². The number of carbonyl (C=O) groups excluding carboxylic acids is 2. The number of hydrogen-bond acceptors (Lipinski definition) is 3. The van der Waals surface area contributed by atoms with E-state index in [0.717, 1.165) is 32.2 Å². The van der Waals surface area contributed by atoms with Crippen molar-refractivity contribution in [1.82, 2.24) is 10.2 Å². The van der Waals surface area contributed by atoms with Gasteiger partial charge in [-0.3, -0.25) is 9.59 Å². The van der Waals surface area contributed by atoms with E-state index >= 15 is 0 Å². The molecule has 0 saturated carbocycles. The van der Waals surface area contributed by atoms with Gasteiger partial charge in [-0.15, -0.1) is 0 Å². The van der Waals surface area contributed by atoms with E-state index < -0.39 is 5.41 Å². The zero-order valence-corrected chi connectivity index (χ0v) is 12.4. The maximum absolute atomic E-state index is 12.7. The number of nitrogens with zero attached hydrogens (tertiary/aromatic N) is 1. The zero-order valence-electron chi connectivity index (χ0n) is 12.4. The molecule has 0 aromatic carbocycles. The van der Waals surface area contributed by atoms with Crippen LogP contribution in [0.15, 0.2) is 0 Å². The summed E-state index contributed by atoms with van der Waals surface area (Å²) in [6.45, 7) is 5.66. The van der Waals surface area contributed by atoms with Gasteiger partial charge in [0.1, 0.15) is 0 Å². The van der Waals surface area contributed by atoms with Crippen molar-refractivity contribution in [1.29, 1.82) is 0 Å². The van der Waals surface area contributed by atoms with E-state index in [2.05, 4.69) is 5.32 Å². The first-order valence-corrected chi connectivity index (χ1v) is 7.25. The van der Waals surface area contributed by atoms with Crippen molar-refractivity contribution in [2.75, 3.05) is 26.7 Å². The van der Waals surface area contributed by atoms with E-state index in [9.17, 15) is 9.59 Å². The third-order valence-electron chi connectivity index (χ3n) is 4.52. The molecule has 0 aliphatic carbocycles. The molecule has 1 unspecified atom stereocenters. The van der Waals surface area contributed by atoms with Crippen LogP contribution in [0.3, 0.4) is 0 Å². The van der Waals surface area contributed by atoms with Gasteiger partial charge in [0.15, 0.2) is 0 Å². The quantitative estimate of drug-likeness (QED) is 0.773. The smallest absolute Gasteiger partial charge is 0.230 e. The van der Waals surface area contributed by atoms with E-state index in [-0.39, 0.29) is 17.7 Å². The standard InChI is InChI=1S/C14H27N3O2/c1-4-14(5-2,10-15)13(19)17-8-6-7-11(9-17)12(18)16-3/h11H,4-10,15H2,1-3H3,(H,16,18). The van der Waals surface area contributed by atoms with Crippen LogP contribution in [0.2, 0.25) is 0 Å². The monoisotopic (exact) mass is 269 g/mol. The van der Waals surface area contributed by atoms with Crippen LogP contribution >= 0.6 is 0 Å². The Labute approximate surface area is 115 Å². The van der Waals surface area contributed by atoms with Crippen LogP contribution in [0.25, 0.3) is 0 Å². The number of nitrogens with two attached hydrogens (primary N) is 1. The summed E-state index contributed by atoms with van der Waals surface area (Å²) in [5.41, 5.74) is 5.38. The number of amides is 2. The molecule has 0 spiro atoms. The SMILES string of the molecule is CCC(CC)(CN)C(=O)N1CCCC(C(=O)NC)C1. The van der Waals surface area contributed by atoms with Crippen molar-refractivity contribution in [2.24, 2.45) is 17.1 Å². The van der Waals surface area contributed by atoms with Crippen molar-refractivity contribution >= 4 is 11.8 Å². The highest BCUT2D eigenvalue weighted by molar-refractivity contribution is 5.84. The van der Waals surface area contributed by atoms with E-state index in [1.807, 2.05) is 18.7 Å². The molecule has 1 saturated heterocycles. The normalized spacial score (nSPS) is 20.2. The van der Waals surface area contributed by atoms with E-state index in [0.29, 0.717) is 13.1 Å². The molecule has 1 aliphatic rings. The lowest BCUT2D eigenvalue weighted by Crippen LogP contribution is -2.52. The van der Waals surface area contributed by atoms with Gasteiger partial charge in [0.2, 0.25) is 11.8 Å². The first-order chi connectivity index (χ1) is 9.04. The first kappa shape index (κ1) is 16.0. The van der Waals surface area contributed by atoms with E-state index in [1.54, 1.807) is 7.05 Å². The Morgan fingerprint density at radius 3 is 2.47 bits per heavy atom. The molecule has 0 bridgehead atoms. The van der Waals surface area contributed by atoms with Gasteiger partial charge < -0.3 is 16.0 Å². The molecule has 19 heavy (non-hydrogen) atoms. The van der Waals surface area contributed by atoms with Gasteiger partial charge in [0.05, 0.1) is 11.3 Å². The number of likely N-dealkylation sites (tertiary alicyclic amines) is 1. The van der Waals surface area contributed by atoms with Crippen LogP contribution in [0.4, 0.5) is 0 Å². The summed E-state index contributed by atoms with van der Waals surface area (Å²) in [6.07, 6.45) is 3.25. The summed E-state index contributed by atoms with van der Waals surface area (Å²) in [5.74, 6) is 0.0735. The van der Waals surface area contributed by atoms with E-state index in [4.69, 9.17) is 5.73 Å². The van der Waals surface area contributed by atoms with Gasteiger partial charge in [-0.1, -0.05) is 13.8 Å². The third kappa shape index (κ3) is 3.26. The highest BCUT2D eigenvalue weighted by Crippen LogP contribution is 2.30. The van der Waals surface area contributed by atoms with Crippen LogP contribution in [-0.2, 0) is 9.59 Å². The largest absolute Gasteiger partial charge is 0.359 e. The molecule has 2 amide bonds. The minimum absolute atomic E-state index is 0.0313. The molecule has 1 rings (SSSR count). The van der Waals surface area contributed by atoms with Gasteiger partial charge in [-0.25, -0.2) is 0 Å². The summed E-state index contributed by atoms with van der Waals surface area (Å²) in [6, 6.07) is 0. The molecule has 0 aromatic heterocycles. The van der Waals surface area contributed by atoms with Crippen LogP contribution in [0, 0.1) is 11.3 Å². The summed E-state index contributed by atoms with van der Waals surface area (Å²) in [4.78, 5) is 26.2. The fourth-order valence-corrected chi connectivity index (χ4v) is 2.84. The summed E-state index contributed by atoms with van der Waals surface area (Å²) in [7, 11) is 1.64. The number of nitrogens with one attached hydrogen (secondary N) is 1. The Kier molecular flexibility index (Phi) is 5.79. The van der Waals surface area contributed by atoms with Crippen molar-refractivity contribution in [3.63, 3.8) is 0 Å². The molecule has 1 atom stereocenters. The molecular weight excluding hydrogens is 242 g/mol. The van der Waals surface area contributed by atoms with Crippen LogP contribution in [0.5, 0.6) is 0 Å². The first-order valence-electron chi connectivity index (χ1n) is 7.25. The summed E-state index contributed by atoms with van der Waals surface area (Å²) >= 11 is 0. The fraction of sp³-hybridized carbons (Fsp3) is 0.857. The molecule has 5 heteroatoms.